The summed E-state index contributed by atoms with van der Waals surface area (Å²) in [6.07, 6.45) is 7.87. The average molecular weight is 419 g/mol. The Hall–Kier alpha value is -0.786. The molecule has 1 rings (SSSR count). The van der Waals surface area contributed by atoms with Gasteiger partial charge in [-0.25, -0.2) is 0 Å². The molecule has 0 amide bonds. The summed E-state index contributed by atoms with van der Waals surface area (Å²) in [5, 5.41) is 0.392. The fourth-order valence-electron chi connectivity index (χ4n) is 2.41. The van der Waals surface area contributed by atoms with Crippen molar-refractivity contribution in [3.63, 3.8) is 0 Å². The first-order valence-electron chi connectivity index (χ1n) is 10.7. The van der Waals surface area contributed by atoms with Crippen LogP contribution in [-0.2, 0) is 8.85 Å². The van der Waals surface area contributed by atoms with Gasteiger partial charge in [0.1, 0.15) is 12.2 Å². The molecule has 0 N–H and O–H groups in total. The number of hydrogen-bond donors (Lipinski definition) is 0. The molecule has 2 nitrogen and oxygen atoms in total. The molecule has 0 saturated heterocycles. The van der Waals surface area contributed by atoms with Gasteiger partial charge in [-0.2, -0.15) is 0 Å². The van der Waals surface area contributed by atoms with Crippen LogP contribution in [0.25, 0.3) is 0 Å². The van der Waals surface area contributed by atoms with Crippen molar-refractivity contribution < 1.29 is 8.85 Å². The monoisotopic (exact) mass is 418 g/mol. The van der Waals surface area contributed by atoms with E-state index in [0.29, 0.717) is 0 Å². The van der Waals surface area contributed by atoms with Gasteiger partial charge in [0.2, 0.25) is 0 Å². The lowest BCUT2D eigenvalue weighted by Crippen LogP contribution is -2.44. The van der Waals surface area contributed by atoms with Crippen molar-refractivity contribution in [3.8, 4) is 23.7 Å². The normalized spacial score (nSPS) is 23.4. The first-order chi connectivity index (χ1) is 12.7. The van der Waals surface area contributed by atoms with Crippen LogP contribution in [0.15, 0.2) is 12.2 Å². The lowest BCUT2D eigenvalue weighted by molar-refractivity contribution is 0.203. The number of allylic oxidation sites excluding steroid dienone is 2. The summed E-state index contributed by atoms with van der Waals surface area (Å²) in [5.41, 5.74) is 0. The lowest BCUT2D eigenvalue weighted by Gasteiger charge is -2.38. The molecule has 0 saturated carbocycles. The van der Waals surface area contributed by atoms with Crippen molar-refractivity contribution in [1.29, 1.82) is 0 Å². The van der Waals surface area contributed by atoms with E-state index in [4.69, 9.17) is 8.85 Å². The summed E-state index contributed by atoms with van der Waals surface area (Å²) >= 11 is 0. The van der Waals surface area contributed by atoms with E-state index in [1.165, 1.54) is 0 Å². The van der Waals surface area contributed by atoms with Gasteiger partial charge in [-0.3, -0.25) is 0 Å². The third-order valence-corrected chi connectivity index (χ3v) is 15.4. The highest BCUT2D eigenvalue weighted by Crippen LogP contribution is 2.39. The van der Waals surface area contributed by atoms with E-state index in [1.807, 2.05) is 12.2 Å². The Morgan fingerprint density at radius 3 is 1.29 bits per heavy atom. The number of rotatable bonds is 4. The quantitative estimate of drug-likeness (QED) is 0.365. The SMILES string of the molecule is CC(C)(C)[Si](C)(C)OC1C#C/C=C\C#CC(O[Si](C)(C)C(C)(C)C)CCCC1. The van der Waals surface area contributed by atoms with Gasteiger partial charge < -0.3 is 8.85 Å². The molecule has 0 bridgehead atoms. The lowest BCUT2D eigenvalue weighted by atomic mass is 10.1. The van der Waals surface area contributed by atoms with Crippen LogP contribution in [0.5, 0.6) is 0 Å². The van der Waals surface area contributed by atoms with Crippen LogP contribution in [0, 0.1) is 23.7 Å². The second-order valence-corrected chi connectivity index (χ2v) is 20.4. The molecule has 0 fully saturated rings. The van der Waals surface area contributed by atoms with E-state index >= 15 is 0 Å². The third kappa shape index (κ3) is 7.92. The summed E-state index contributed by atoms with van der Waals surface area (Å²) in [6.45, 7) is 22.9. The maximum atomic E-state index is 6.57. The standard InChI is InChI=1S/C24H42O2Si2/c1-23(2,3)27(7,8)25-21-17-13-11-12-14-18-22(20-16-15-19-21)26-28(9,10)24(4,5)6/h11-12,21-22H,15-16,19-20H2,1-10H3/b12-11-. The van der Waals surface area contributed by atoms with Crippen molar-refractivity contribution in [2.45, 2.75) is 116 Å². The minimum absolute atomic E-state index is 0.0117. The molecule has 158 valence electrons. The van der Waals surface area contributed by atoms with Crippen LogP contribution in [0.3, 0.4) is 0 Å². The van der Waals surface area contributed by atoms with E-state index in [0.717, 1.165) is 25.7 Å². The molecule has 28 heavy (non-hydrogen) atoms. The topological polar surface area (TPSA) is 18.5 Å². The minimum atomic E-state index is -1.82. The predicted octanol–water partition coefficient (Wildman–Crippen LogP) is 6.90. The molecule has 0 spiro atoms. The highest BCUT2D eigenvalue weighted by molar-refractivity contribution is 6.74. The first kappa shape index (κ1) is 25.3. The average Bonchev–Trinajstić information content (AvgIpc) is 2.49. The molecule has 0 aromatic heterocycles. The maximum Gasteiger partial charge on any atom is 0.193 e. The first-order valence-corrected chi connectivity index (χ1v) is 16.5. The van der Waals surface area contributed by atoms with Crippen LogP contribution in [-0.4, -0.2) is 28.8 Å². The van der Waals surface area contributed by atoms with Crippen molar-refractivity contribution in [2.24, 2.45) is 0 Å². The van der Waals surface area contributed by atoms with E-state index in [-0.39, 0.29) is 22.3 Å². The molecule has 0 aromatic rings. The van der Waals surface area contributed by atoms with Crippen LogP contribution in [0.1, 0.15) is 67.2 Å². The highest BCUT2D eigenvalue weighted by atomic mass is 28.4. The van der Waals surface area contributed by atoms with Crippen LogP contribution >= 0.6 is 0 Å². The van der Waals surface area contributed by atoms with E-state index in [9.17, 15) is 0 Å². The van der Waals surface area contributed by atoms with E-state index < -0.39 is 16.6 Å². The van der Waals surface area contributed by atoms with Crippen LogP contribution < -0.4 is 0 Å². The third-order valence-electron chi connectivity index (χ3n) is 6.41. The fraction of sp³-hybridized carbons (Fsp3) is 0.750. The van der Waals surface area contributed by atoms with Gasteiger partial charge in [0, 0.05) is 0 Å². The summed E-state index contributed by atoms with van der Waals surface area (Å²) in [4.78, 5) is 0. The smallest absolute Gasteiger partial charge is 0.193 e. The van der Waals surface area contributed by atoms with Crippen molar-refractivity contribution in [1.82, 2.24) is 0 Å². The Morgan fingerprint density at radius 2 is 1.00 bits per heavy atom. The summed E-state index contributed by atoms with van der Waals surface area (Å²) in [6, 6.07) is 0. The summed E-state index contributed by atoms with van der Waals surface area (Å²) in [7, 11) is -3.65. The molecule has 1 aliphatic rings. The zero-order valence-electron chi connectivity index (χ0n) is 20.0. The summed E-state index contributed by atoms with van der Waals surface area (Å²) in [5.74, 6) is 12.9. The zero-order valence-corrected chi connectivity index (χ0v) is 22.0. The molecule has 0 aliphatic heterocycles. The van der Waals surface area contributed by atoms with Gasteiger partial charge in [-0.05, 0) is 74.1 Å². The van der Waals surface area contributed by atoms with E-state index in [1.54, 1.807) is 0 Å². The Kier molecular flexibility index (Phi) is 8.85. The largest absolute Gasteiger partial charge is 0.403 e. The summed E-state index contributed by atoms with van der Waals surface area (Å²) < 4.78 is 13.1. The van der Waals surface area contributed by atoms with Crippen LogP contribution in [0.2, 0.25) is 36.3 Å². The molecule has 0 aromatic carbocycles. The molecule has 1 aliphatic carbocycles. The Labute approximate surface area is 177 Å². The van der Waals surface area contributed by atoms with Gasteiger partial charge >= 0.3 is 0 Å². The fourth-order valence-corrected chi connectivity index (χ4v) is 4.89. The zero-order chi connectivity index (χ0) is 21.6. The molecule has 2 unspecified atom stereocenters. The highest BCUT2D eigenvalue weighted by Gasteiger charge is 2.40. The molecule has 2 atom stereocenters. The minimum Gasteiger partial charge on any atom is -0.403 e. The Bertz CT molecular complexity index is 597. The van der Waals surface area contributed by atoms with Crippen LogP contribution in [0.4, 0.5) is 0 Å². The molecule has 0 radical (unpaired) electrons. The molecular weight excluding hydrogens is 376 g/mol. The second-order valence-electron chi connectivity index (χ2n) is 10.9. The number of hydrogen-bond acceptors (Lipinski definition) is 2. The second kappa shape index (κ2) is 9.81. The molecule has 4 heteroatoms. The van der Waals surface area contributed by atoms with Crippen molar-refractivity contribution in [3.05, 3.63) is 12.2 Å². The van der Waals surface area contributed by atoms with Crippen molar-refractivity contribution >= 4 is 16.6 Å². The Balaban J connectivity index is 2.86. The van der Waals surface area contributed by atoms with Gasteiger partial charge in [-0.1, -0.05) is 65.2 Å². The van der Waals surface area contributed by atoms with Gasteiger partial charge in [0.25, 0.3) is 0 Å². The predicted molar refractivity (Wildman–Crippen MR) is 127 cm³/mol. The molecular formula is C24H42O2Si2. The maximum absolute atomic E-state index is 6.57. The van der Waals surface area contributed by atoms with Gasteiger partial charge in [0.15, 0.2) is 16.6 Å². The van der Waals surface area contributed by atoms with Gasteiger partial charge in [-0.15, -0.1) is 0 Å². The van der Waals surface area contributed by atoms with Crippen molar-refractivity contribution in [2.75, 3.05) is 0 Å². The molecule has 0 heterocycles. The Morgan fingerprint density at radius 1 is 0.679 bits per heavy atom. The van der Waals surface area contributed by atoms with E-state index in [2.05, 4.69) is 91.4 Å². The van der Waals surface area contributed by atoms with Gasteiger partial charge in [0.05, 0.1) is 0 Å².